The third-order valence-electron chi connectivity index (χ3n) is 6.07. The van der Waals surface area contributed by atoms with Crippen molar-refractivity contribution in [1.82, 2.24) is 14.5 Å². The quantitative estimate of drug-likeness (QED) is 0.784. The zero-order valence-corrected chi connectivity index (χ0v) is 15.2. The van der Waals surface area contributed by atoms with Crippen LogP contribution in [-0.2, 0) is 13.0 Å². The molecule has 1 saturated heterocycles. The maximum atomic E-state index is 10.8. The first-order chi connectivity index (χ1) is 12.7. The summed E-state index contributed by atoms with van der Waals surface area (Å²) >= 11 is 0. The number of aliphatic hydroxyl groups excluding tert-OH is 1. The average Bonchev–Trinajstić information content (AvgIpc) is 3.25. The number of aryl methyl sites for hydroxylation is 1. The molecule has 134 valence electrons. The van der Waals surface area contributed by atoms with Gasteiger partial charge in [0, 0.05) is 36.0 Å². The van der Waals surface area contributed by atoms with E-state index in [9.17, 15) is 5.11 Å². The minimum absolute atomic E-state index is 0.501. The second kappa shape index (κ2) is 6.22. The zero-order chi connectivity index (χ0) is 17.7. The number of rotatable bonds is 3. The highest BCUT2D eigenvalue weighted by molar-refractivity contribution is 5.83. The molecular formula is C22H25N3O. The summed E-state index contributed by atoms with van der Waals surface area (Å²) in [5.74, 6) is 0. The van der Waals surface area contributed by atoms with Crippen LogP contribution in [0.15, 0.2) is 42.5 Å². The fourth-order valence-electron chi connectivity index (χ4n) is 4.84. The predicted octanol–water partition coefficient (Wildman–Crippen LogP) is 3.77. The maximum absolute atomic E-state index is 10.8. The van der Waals surface area contributed by atoms with Crippen molar-refractivity contribution in [3.63, 3.8) is 0 Å². The van der Waals surface area contributed by atoms with Crippen molar-refractivity contribution in [2.75, 3.05) is 13.1 Å². The van der Waals surface area contributed by atoms with E-state index < -0.39 is 6.10 Å². The van der Waals surface area contributed by atoms with E-state index in [-0.39, 0.29) is 0 Å². The fraction of sp³-hybridized carbons (Fsp3) is 0.409. The van der Waals surface area contributed by atoms with Crippen molar-refractivity contribution in [3.05, 3.63) is 65.0 Å². The van der Waals surface area contributed by atoms with Crippen molar-refractivity contribution in [1.29, 1.82) is 0 Å². The van der Waals surface area contributed by atoms with Gasteiger partial charge in [-0.25, -0.2) is 0 Å². The number of aliphatic hydroxyl groups is 1. The van der Waals surface area contributed by atoms with Gasteiger partial charge < -0.3 is 9.67 Å². The summed E-state index contributed by atoms with van der Waals surface area (Å²) < 4.78 is 2.34. The lowest BCUT2D eigenvalue weighted by Gasteiger charge is -2.31. The summed E-state index contributed by atoms with van der Waals surface area (Å²) in [5.41, 5.74) is 7.17. The molecule has 0 aliphatic carbocycles. The Morgan fingerprint density at radius 2 is 2.00 bits per heavy atom. The first-order valence-electron chi connectivity index (χ1n) is 9.68. The highest BCUT2D eigenvalue weighted by Crippen LogP contribution is 2.42. The highest BCUT2D eigenvalue weighted by atomic mass is 16.3. The summed E-state index contributed by atoms with van der Waals surface area (Å²) in [6, 6.07) is 14.8. The topological polar surface area (TPSA) is 41.3 Å². The first kappa shape index (κ1) is 16.0. The molecule has 2 aromatic heterocycles. The third kappa shape index (κ3) is 2.48. The molecule has 4 heterocycles. The van der Waals surface area contributed by atoms with Gasteiger partial charge in [0.2, 0.25) is 0 Å². The minimum Gasteiger partial charge on any atom is -0.387 e. The lowest BCUT2D eigenvalue weighted by atomic mass is 9.98. The van der Waals surface area contributed by atoms with Crippen molar-refractivity contribution >= 4 is 11.0 Å². The van der Waals surface area contributed by atoms with E-state index in [0.29, 0.717) is 12.6 Å². The number of hydrogen-bond donors (Lipinski definition) is 1. The van der Waals surface area contributed by atoms with E-state index in [1.165, 1.54) is 36.2 Å². The van der Waals surface area contributed by atoms with Crippen molar-refractivity contribution < 1.29 is 5.11 Å². The van der Waals surface area contributed by atoms with Crippen LogP contribution in [0.25, 0.3) is 11.0 Å². The Hall–Kier alpha value is -2.17. The molecule has 1 aromatic carbocycles. The van der Waals surface area contributed by atoms with Crippen LogP contribution in [0.3, 0.4) is 0 Å². The van der Waals surface area contributed by atoms with Crippen LogP contribution in [0.1, 0.15) is 47.5 Å². The molecule has 0 radical (unpaired) electrons. The van der Waals surface area contributed by atoms with Crippen LogP contribution in [0.4, 0.5) is 0 Å². The molecule has 0 spiro atoms. The SMILES string of the molecule is Cc1ccc2c(n1)c1c(n2CC(O)c2ccccc2)CCN2CCCC12. The zero-order valence-electron chi connectivity index (χ0n) is 15.2. The van der Waals surface area contributed by atoms with E-state index in [2.05, 4.69) is 28.5 Å². The van der Waals surface area contributed by atoms with Gasteiger partial charge in [-0.1, -0.05) is 30.3 Å². The average molecular weight is 347 g/mol. The number of pyridine rings is 1. The van der Waals surface area contributed by atoms with Crippen LogP contribution in [0, 0.1) is 6.92 Å². The summed E-state index contributed by atoms with van der Waals surface area (Å²) in [4.78, 5) is 7.54. The highest BCUT2D eigenvalue weighted by Gasteiger charge is 2.36. The van der Waals surface area contributed by atoms with Crippen molar-refractivity contribution in [3.8, 4) is 0 Å². The molecule has 2 unspecified atom stereocenters. The largest absolute Gasteiger partial charge is 0.387 e. The van der Waals surface area contributed by atoms with Gasteiger partial charge in [0.15, 0.2) is 0 Å². The normalized spacial score (nSPS) is 20.9. The fourth-order valence-corrected chi connectivity index (χ4v) is 4.84. The number of hydrogen-bond acceptors (Lipinski definition) is 3. The van der Waals surface area contributed by atoms with Gasteiger partial charge in [-0.2, -0.15) is 0 Å². The molecule has 2 atom stereocenters. The molecule has 0 amide bonds. The Balaban J connectivity index is 1.64. The molecule has 1 N–H and O–H groups in total. The van der Waals surface area contributed by atoms with Crippen molar-refractivity contribution in [2.45, 2.75) is 44.9 Å². The van der Waals surface area contributed by atoms with Gasteiger partial charge in [0.25, 0.3) is 0 Å². The third-order valence-corrected chi connectivity index (χ3v) is 6.07. The van der Waals surface area contributed by atoms with Crippen LogP contribution < -0.4 is 0 Å². The standard InChI is InChI=1S/C22H25N3O/c1-15-9-10-19-22(23-15)21-17-8-5-12-24(17)13-11-18(21)25(19)14-20(26)16-6-3-2-4-7-16/h2-4,6-7,9-10,17,20,26H,5,8,11-14H2,1H3. The lowest BCUT2D eigenvalue weighted by molar-refractivity contribution is 0.155. The van der Waals surface area contributed by atoms with E-state index in [1.807, 2.05) is 30.3 Å². The second-order valence-electron chi connectivity index (χ2n) is 7.66. The van der Waals surface area contributed by atoms with E-state index in [0.717, 1.165) is 29.7 Å². The molecule has 0 bridgehead atoms. The van der Waals surface area contributed by atoms with Crippen LogP contribution in [0.2, 0.25) is 0 Å². The molecule has 2 aliphatic rings. The van der Waals surface area contributed by atoms with Gasteiger partial charge in [-0.05, 0) is 44.0 Å². The Bertz CT molecular complexity index is 947. The van der Waals surface area contributed by atoms with Crippen molar-refractivity contribution in [2.24, 2.45) is 0 Å². The molecule has 3 aromatic rings. The van der Waals surface area contributed by atoms with Crippen LogP contribution >= 0.6 is 0 Å². The molecule has 26 heavy (non-hydrogen) atoms. The smallest absolute Gasteiger partial charge is 0.0969 e. The van der Waals surface area contributed by atoms with Gasteiger partial charge in [-0.3, -0.25) is 9.88 Å². The molecule has 4 nitrogen and oxygen atoms in total. The lowest BCUT2D eigenvalue weighted by Crippen LogP contribution is -2.31. The molecular weight excluding hydrogens is 322 g/mol. The number of nitrogens with zero attached hydrogens (tertiary/aromatic N) is 3. The Morgan fingerprint density at radius 1 is 1.15 bits per heavy atom. The minimum atomic E-state index is -0.501. The second-order valence-corrected chi connectivity index (χ2v) is 7.66. The van der Waals surface area contributed by atoms with E-state index in [4.69, 9.17) is 4.98 Å². The number of benzene rings is 1. The summed E-state index contributed by atoms with van der Waals surface area (Å²) in [7, 11) is 0. The Morgan fingerprint density at radius 3 is 2.85 bits per heavy atom. The first-order valence-corrected chi connectivity index (χ1v) is 9.68. The summed E-state index contributed by atoms with van der Waals surface area (Å²) in [6.45, 7) is 4.98. The number of fused-ring (bicyclic) bond motifs is 5. The van der Waals surface area contributed by atoms with Gasteiger partial charge in [0.05, 0.1) is 23.7 Å². The van der Waals surface area contributed by atoms with E-state index >= 15 is 0 Å². The Labute approximate surface area is 154 Å². The summed E-state index contributed by atoms with van der Waals surface area (Å²) in [5, 5.41) is 10.8. The Kier molecular flexibility index (Phi) is 3.84. The van der Waals surface area contributed by atoms with Crippen LogP contribution in [0.5, 0.6) is 0 Å². The monoisotopic (exact) mass is 347 g/mol. The molecule has 1 fully saturated rings. The van der Waals surface area contributed by atoms with E-state index in [1.54, 1.807) is 0 Å². The molecule has 5 rings (SSSR count). The molecule has 4 heteroatoms. The van der Waals surface area contributed by atoms with Gasteiger partial charge in [0.1, 0.15) is 0 Å². The van der Waals surface area contributed by atoms with Gasteiger partial charge >= 0.3 is 0 Å². The number of aromatic nitrogens is 2. The predicted molar refractivity (Wildman–Crippen MR) is 103 cm³/mol. The molecule has 2 aliphatic heterocycles. The maximum Gasteiger partial charge on any atom is 0.0969 e. The van der Waals surface area contributed by atoms with Crippen LogP contribution in [-0.4, -0.2) is 32.6 Å². The van der Waals surface area contributed by atoms with Gasteiger partial charge in [-0.15, -0.1) is 0 Å². The molecule has 0 saturated carbocycles. The summed E-state index contributed by atoms with van der Waals surface area (Å²) in [6.07, 6.45) is 3.04.